The van der Waals surface area contributed by atoms with Gasteiger partial charge in [0.2, 0.25) is 0 Å². The van der Waals surface area contributed by atoms with E-state index in [2.05, 4.69) is 6.92 Å². The largest absolute Gasteiger partial charge is 0.514 e. The molecule has 0 aromatic heterocycles. The molecule has 0 aliphatic carbocycles. The lowest BCUT2D eigenvalue weighted by atomic mass is 10.0. The highest BCUT2D eigenvalue weighted by Crippen LogP contribution is 2.25. The summed E-state index contributed by atoms with van der Waals surface area (Å²) >= 11 is 0. The second kappa shape index (κ2) is 8.23. The Morgan fingerprint density at radius 1 is 1.05 bits per heavy atom. The molecule has 0 amide bonds. The van der Waals surface area contributed by atoms with Crippen LogP contribution in [0.15, 0.2) is 54.6 Å². The Balaban J connectivity index is 2.03. The molecule has 0 spiro atoms. The second-order valence-electron chi connectivity index (χ2n) is 5.28. The molecule has 0 fully saturated rings. The van der Waals surface area contributed by atoms with Crippen LogP contribution < -0.4 is 4.74 Å². The van der Waals surface area contributed by atoms with E-state index in [1.165, 1.54) is 0 Å². The minimum Gasteiger partial charge on any atom is -0.426 e. The maximum absolute atomic E-state index is 12.1. The summed E-state index contributed by atoms with van der Waals surface area (Å²) in [6.07, 6.45) is 1.93. The number of rotatable bonds is 6. The average Bonchev–Trinajstić information content (AvgIpc) is 2.54. The van der Waals surface area contributed by atoms with Crippen molar-refractivity contribution < 1.29 is 14.3 Å². The van der Waals surface area contributed by atoms with Gasteiger partial charge in [-0.05, 0) is 37.0 Å². The van der Waals surface area contributed by atoms with Crippen LogP contribution in [0.2, 0.25) is 0 Å². The van der Waals surface area contributed by atoms with Crippen molar-refractivity contribution in [3.05, 3.63) is 65.7 Å². The molecule has 1 atom stereocenters. The van der Waals surface area contributed by atoms with E-state index in [0.29, 0.717) is 5.75 Å². The molecule has 116 valence electrons. The quantitative estimate of drug-likeness (QED) is 0.526. The zero-order valence-electron chi connectivity index (χ0n) is 13.1. The van der Waals surface area contributed by atoms with Gasteiger partial charge in [0.15, 0.2) is 0 Å². The molecule has 0 aliphatic heterocycles. The molecule has 0 aliphatic rings. The van der Waals surface area contributed by atoms with Gasteiger partial charge >= 0.3 is 6.16 Å². The SMILES string of the molecule is CCCCC(OC(=O)Oc1ccccc1C)c1ccccc1. The minimum absolute atomic E-state index is 0.266. The Kier molecular flexibility index (Phi) is 6.01. The number of carbonyl (C=O) groups is 1. The van der Waals surface area contributed by atoms with Crippen LogP contribution in [0.3, 0.4) is 0 Å². The molecule has 2 rings (SSSR count). The van der Waals surface area contributed by atoms with Gasteiger partial charge in [0.25, 0.3) is 0 Å². The molecular formula is C19H22O3. The highest BCUT2D eigenvalue weighted by molar-refractivity contribution is 5.64. The number of hydrogen-bond acceptors (Lipinski definition) is 3. The van der Waals surface area contributed by atoms with Gasteiger partial charge in [-0.15, -0.1) is 0 Å². The Labute approximate surface area is 131 Å². The van der Waals surface area contributed by atoms with Crippen molar-refractivity contribution in [2.24, 2.45) is 0 Å². The lowest BCUT2D eigenvalue weighted by Crippen LogP contribution is -2.16. The van der Waals surface area contributed by atoms with Crippen molar-refractivity contribution in [3.8, 4) is 5.75 Å². The van der Waals surface area contributed by atoms with Crippen LogP contribution in [-0.2, 0) is 4.74 Å². The molecule has 3 nitrogen and oxygen atoms in total. The average molecular weight is 298 g/mol. The number of unbranched alkanes of at least 4 members (excludes halogenated alkanes) is 1. The summed E-state index contributed by atoms with van der Waals surface area (Å²) in [5.41, 5.74) is 1.90. The third-order valence-corrected chi connectivity index (χ3v) is 3.52. The Bertz CT molecular complexity index is 593. The Morgan fingerprint density at radius 2 is 1.73 bits per heavy atom. The van der Waals surface area contributed by atoms with E-state index in [-0.39, 0.29) is 6.10 Å². The molecular weight excluding hydrogens is 276 g/mol. The number of aryl methyl sites for hydroxylation is 1. The van der Waals surface area contributed by atoms with E-state index >= 15 is 0 Å². The smallest absolute Gasteiger partial charge is 0.426 e. The first-order chi connectivity index (χ1) is 10.7. The summed E-state index contributed by atoms with van der Waals surface area (Å²) in [5, 5.41) is 0. The van der Waals surface area contributed by atoms with Gasteiger partial charge in [0, 0.05) is 0 Å². The maximum atomic E-state index is 12.1. The zero-order valence-corrected chi connectivity index (χ0v) is 13.1. The topological polar surface area (TPSA) is 35.5 Å². The molecule has 0 saturated carbocycles. The fourth-order valence-corrected chi connectivity index (χ4v) is 2.25. The van der Waals surface area contributed by atoms with Crippen molar-refractivity contribution in [2.75, 3.05) is 0 Å². The molecule has 0 radical (unpaired) electrons. The summed E-state index contributed by atoms with van der Waals surface area (Å²) in [6.45, 7) is 4.02. The number of ether oxygens (including phenoxy) is 2. The zero-order chi connectivity index (χ0) is 15.8. The third-order valence-electron chi connectivity index (χ3n) is 3.52. The number of carbonyl (C=O) groups excluding carboxylic acids is 1. The van der Waals surface area contributed by atoms with Crippen LogP contribution in [0.4, 0.5) is 4.79 Å². The van der Waals surface area contributed by atoms with E-state index < -0.39 is 6.16 Å². The van der Waals surface area contributed by atoms with Crippen molar-refractivity contribution in [1.82, 2.24) is 0 Å². The Morgan fingerprint density at radius 3 is 2.41 bits per heavy atom. The fraction of sp³-hybridized carbons (Fsp3) is 0.316. The normalized spacial score (nSPS) is 11.7. The van der Waals surface area contributed by atoms with Crippen LogP contribution in [0, 0.1) is 6.92 Å². The van der Waals surface area contributed by atoms with Gasteiger partial charge in [-0.25, -0.2) is 4.79 Å². The predicted octanol–water partition coefficient (Wildman–Crippen LogP) is 5.44. The Hall–Kier alpha value is -2.29. The minimum atomic E-state index is -0.653. The lowest BCUT2D eigenvalue weighted by Gasteiger charge is -2.18. The molecule has 2 aromatic rings. The highest BCUT2D eigenvalue weighted by atomic mass is 16.7. The summed E-state index contributed by atoms with van der Waals surface area (Å²) in [7, 11) is 0. The fourth-order valence-electron chi connectivity index (χ4n) is 2.25. The standard InChI is InChI=1S/C19H22O3/c1-3-4-13-18(16-11-6-5-7-12-16)22-19(20)21-17-14-9-8-10-15(17)2/h5-12,14,18H,3-4,13H2,1-2H3. The van der Waals surface area contributed by atoms with Gasteiger partial charge < -0.3 is 9.47 Å². The van der Waals surface area contributed by atoms with E-state index in [4.69, 9.17) is 9.47 Å². The molecule has 1 unspecified atom stereocenters. The van der Waals surface area contributed by atoms with Crippen LogP contribution in [0.25, 0.3) is 0 Å². The number of para-hydroxylation sites is 1. The van der Waals surface area contributed by atoms with Crippen LogP contribution in [0.1, 0.15) is 43.4 Å². The first-order valence-electron chi connectivity index (χ1n) is 7.69. The highest BCUT2D eigenvalue weighted by Gasteiger charge is 2.18. The van der Waals surface area contributed by atoms with Crippen molar-refractivity contribution in [3.63, 3.8) is 0 Å². The first-order valence-corrected chi connectivity index (χ1v) is 7.69. The van der Waals surface area contributed by atoms with Gasteiger partial charge in [-0.1, -0.05) is 61.9 Å². The molecule has 2 aromatic carbocycles. The molecule has 0 heterocycles. The molecule has 0 bridgehead atoms. The van der Waals surface area contributed by atoms with Gasteiger partial charge in [0.05, 0.1) is 0 Å². The second-order valence-corrected chi connectivity index (χ2v) is 5.28. The van der Waals surface area contributed by atoms with E-state index in [1.807, 2.05) is 55.5 Å². The van der Waals surface area contributed by atoms with Crippen LogP contribution in [-0.4, -0.2) is 6.16 Å². The van der Waals surface area contributed by atoms with Crippen molar-refractivity contribution >= 4 is 6.16 Å². The van der Waals surface area contributed by atoms with E-state index in [0.717, 1.165) is 30.4 Å². The maximum Gasteiger partial charge on any atom is 0.514 e. The van der Waals surface area contributed by atoms with Crippen LogP contribution in [0.5, 0.6) is 5.75 Å². The molecule has 0 saturated heterocycles. The monoisotopic (exact) mass is 298 g/mol. The third kappa shape index (κ3) is 4.62. The van der Waals surface area contributed by atoms with E-state index in [9.17, 15) is 4.79 Å². The van der Waals surface area contributed by atoms with Gasteiger partial charge in [0.1, 0.15) is 11.9 Å². The summed E-state index contributed by atoms with van der Waals surface area (Å²) in [5.74, 6) is 0.537. The van der Waals surface area contributed by atoms with Crippen LogP contribution >= 0.6 is 0 Å². The lowest BCUT2D eigenvalue weighted by molar-refractivity contribution is 0.0528. The number of benzene rings is 2. The summed E-state index contributed by atoms with van der Waals surface area (Å²) in [6, 6.07) is 17.2. The van der Waals surface area contributed by atoms with Crippen molar-refractivity contribution in [1.29, 1.82) is 0 Å². The summed E-state index contributed by atoms with van der Waals surface area (Å²) < 4.78 is 10.9. The van der Waals surface area contributed by atoms with Gasteiger partial charge in [-0.3, -0.25) is 0 Å². The summed E-state index contributed by atoms with van der Waals surface area (Å²) in [4.78, 5) is 12.1. The molecule has 22 heavy (non-hydrogen) atoms. The molecule has 3 heteroatoms. The predicted molar refractivity (Wildman–Crippen MR) is 87.0 cm³/mol. The van der Waals surface area contributed by atoms with Gasteiger partial charge in [-0.2, -0.15) is 0 Å². The van der Waals surface area contributed by atoms with Crippen molar-refractivity contribution in [2.45, 2.75) is 39.2 Å². The first kappa shape index (κ1) is 16.1. The van der Waals surface area contributed by atoms with E-state index in [1.54, 1.807) is 6.07 Å². The number of hydrogen-bond donors (Lipinski definition) is 0. The molecule has 0 N–H and O–H groups in total.